The molecule has 0 radical (unpaired) electrons. The van der Waals surface area contributed by atoms with Crippen LogP contribution in [-0.4, -0.2) is 11.1 Å². The minimum atomic E-state index is -0.639. The quantitative estimate of drug-likeness (QED) is 0.279. The first-order valence-electron chi connectivity index (χ1n) is 12.5. The van der Waals surface area contributed by atoms with E-state index in [0.717, 1.165) is 37.0 Å². The van der Waals surface area contributed by atoms with Gasteiger partial charge in [-0.1, -0.05) is 58.6 Å². The first-order valence-corrected chi connectivity index (χ1v) is 12.5. The lowest BCUT2D eigenvalue weighted by Crippen LogP contribution is -2.43. The molecule has 2 unspecified atom stereocenters. The first kappa shape index (κ1) is 25.0. The van der Waals surface area contributed by atoms with Crippen molar-refractivity contribution in [1.82, 2.24) is 0 Å². The molecule has 170 valence electrons. The Morgan fingerprint density at radius 1 is 1.20 bits per heavy atom. The average molecular weight is 416 g/mol. The number of unbranched alkanes of at least 4 members (excludes halogenated alkanes) is 2. The summed E-state index contributed by atoms with van der Waals surface area (Å²) in [5.74, 6) is 2.82. The van der Waals surface area contributed by atoms with Crippen molar-refractivity contribution in [3.63, 3.8) is 0 Å². The second kappa shape index (κ2) is 11.4. The maximum atomic E-state index is 11.8. The van der Waals surface area contributed by atoms with E-state index in [9.17, 15) is 9.90 Å². The van der Waals surface area contributed by atoms with Gasteiger partial charge in [0.1, 0.15) is 0 Å². The van der Waals surface area contributed by atoms with Crippen LogP contribution in [0.2, 0.25) is 0 Å². The Morgan fingerprint density at radius 2 is 1.93 bits per heavy atom. The van der Waals surface area contributed by atoms with E-state index in [-0.39, 0.29) is 5.92 Å². The summed E-state index contributed by atoms with van der Waals surface area (Å²) in [6.07, 6.45) is 13.8. The molecule has 2 fully saturated rings. The third kappa shape index (κ3) is 6.12. The molecule has 3 heteroatoms. The van der Waals surface area contributed by atoms with Crippen molar-refractivity contribution >= 4 is 5.97 Å². The molecular weight excluding hydrogens is 370 g/mol. The van der Waals surface area contributed by atoms with Gasteiger partial charge in [-0.25, -0.2) is 0 Å². The number of hydrogen-bond acceptors (Lipinski definition) is 2. The van der Waals surface area contributed by atoms with Crippen LogP contribution in [0.15, 0.2) is 11.6 Å². The van der Waals surface area contributed by atoms with Gasteiger partial charge in [-0.2, -0.15) is 5.26 Å². The molecule has 0 amide bonds. The summed E-state index contributed by atoms with van der Waals surface area (Å²) in [5, 5.41) is 18.5. The number of carboxylic acid groups (broad SMARTS) is 1. The number of carbonyl (C=O) groups is 1. The minimum absolute atomic E-state index is 0.265. The van der Waals surface area contributed by atoms with Crippen molar-refractivity contribution in [2.45, 2.75) is 105 Å². The highest BCUT2D eigenvalue weighted by atomic mass is 16.4. The number of nitrogens with zero attached hydrogens (tertiary/aromatic N) is 1. The van der Waals surface area contributed by atoms with Gasteiger partial charge in [0.2, 0.25) is 0 Å². The summed E-state index contributed by atoms with van der Waals surface area (Å²) in [5.41, 5.74) is 1.67. The highest BCUT2D eigenvalue weighted by Crippen LogP contribution is 2.62. The van der Waals surface area contributed by atoms with Gasteiger partial charge in [0.15, 0.2) is 0 Å². The molecule has 2 aliphatic carbocycles. The van der Waals surface area contributed by atoms with Crippen molar-refractivity contribution in [1.29, 1.82) is 5.26 Å². The Labute approximate surface area is 185 Å². The molecule has 0 aromatic carbocycles. The normalized spacial score (nSPS) is 32.6. The zero-order valence-electron chi connectivity index (χ0n) is 20.1. The number of aliphatic carboxylic acids is 1. The maximum absolute atomic E-state index is 11.8. The van der Waals surface area contributed by atoms with E-state index in [1.54, 1.807) is 0 Å². The fraction of sp³-hybridized carbons (Fsp3) is 0.852. The number of nitriles is 1. The number of fused-ring (bicyclic) bond motifs is 1. The molecule has 2 rings (SSSR count). The molecule has 0 aliphatic heterocycles. The minimum Gasteiger partial charge on any atom is -0.481 e. The summed E-state index contributed by atoms with van der Waals surface area (Å²) < 4.78 is 0. The van der Waals surface area contributed by atoms with Crippen molar-refractivity contribution in [3.8, 4) is 6.07 Å². The van der Waals surface area contributed by atoms with Crippen molar-refractivity contribution in [2.24, 2.45) is 40.9 Å². The van der Waals surface area contributed by atoms with E-state index >= 15 is 0 Å². The van der Waals surface area contributed by atoms with Crippen LogP contribution in [-0.2, 0) is 4.79 Å². The van der Waals surface area contributed by atoms with Crippen LogP contribution in [0, 0.1) is 52.3 Å². The van der Waals surface area contributed by atoms with Crippen LogP contribution >= 0.6 is 0 Å². The zero-order valence-corrected chi connectivity index (χ0v) is 20.1. The third-order valence-electron chi connectivity index (χ3n) is 8.59. The molecule has 0 aromatic heterocycles. The van der Waals surface area contributed by atoms with Gasteiger partial charge in [-0.15, -0.1) is 0 Å². The molecule has 0 bridgehead atoms. The molecule has 0 spiro atoms. The smallest absolute Gasteiger partial charge is 0.303 e. The van der Waals surface area contributed by atoms with E-state index in [0.29, 0.717) is 30.1 Å². The van der Waals surface area contributed by atoms with Gasteiger partial charge in [0.05, 0.1) is 6.07 Å². The molecular formula is C27H45NO2. The fourth-order valence-corrected chi connectivity index (χ4v) is 7.03. The summed E-state index contributed by atoms with van der Waals surface area (Å²) in [6, 6.07) is 2.22. The van der Waals surface area contributed by atoms with E-state index < -0.39 is 5.97 Å². The van der Waals surface area contributed by atoms with Crippen LogP contribution in [0.1, 0.15) is 105 Å². The standard InChI is InChI=1S/C27H45NO2/c1-19(2)10-9-12-21(4)24-13-14-25-23(18-26(29)30)22(15-16-27(24,25)5)20(3)11-7-6-8-17-28/h11,19,21-25H,6-10,12-16,18H2,1-5H3,(H,29,30)/t21?,22-,23-,24-,25?,27-/m1/s1. The fourth-order valence-electron chi connectivity index (χ4n) is 7.03. The summed E-state index contributed by atoms with van der Waals surface area (Å²) in [7, 11) is 0. The topological polar surface area (TPSA) is 61.1 Å². The summed E-state index contributed by atoms with van der Waals surface area (Å²) in [4.78, 5) is 11.8. The van der Waals surface area contributed by atoms with E-state index in [1.165, 1.54) is 44.1 Å². The van der Waals surface area contributed by atoms with Crippen LogP contribution in [0.4, 0.5) is 0 Å². The maximum Gasteiger partial charge on any atom is 0.303 e. The molecule has 2 aliphatic rings. The highest BCUT2D eigenvalue weighted by molar-refractivity contribution is 5.67. The molecule has 0 heterocycles. The Hall–Kier alpha value is -1.30. The van der Waals surface area contributed by atoms with E-state index in [2.05, 4.69) is 46.8 Å². The van der Waals surface area contributed by atoms with Gasteiger partial charge >= 0.3 is 5.97 Å². The predicted molar refractivity (Wildman–Crippen MR) is 124 cm³/mol. The molecule has 6 atom stereocenters. The SMILES string of the molecule is CC(=CCCCC#N)[C@H]1CC[C@@]2(C)C(CC[C@@H]2C(C)CCCC(C)C)[C@@H]1CC(=O)O. The first-order chi connectivity index (χ1) is 14.2. The Kier molecular flexibility index (Phi) is 9.45. The highest BCUT2D eigenvalue weighted by Gasteiger charge is 2.55. The molecule has 30 heavy (non-hydrogen) atoms. The molecule has 0 aromatic rings. The van der Waals surface area contributed by atoms with E-state index in [1.807, 2.05) is 0 Å². The van der Waals surface area contributed by atoms with Crippen molar-refractivity contribution in [3.05, 3.63) is 11.6 Å². The van der Waals surface area contributed by atoms with Crippen molar-refractivity contribution in [2.75, 3.05) is 0 Å². The lowest BCUT2D eigenvalue weighted by atomic mass is 9.54. The molecule has 0 saturated heterocycles. The lowest BCUT2D eigenvalue weighted by Gasteiger charge is -2.50. The number of carboxylic acids is 1. The van der Waals surface area contributed by atoms with Gasteiger partial charge in [-0.3, -0.25) is 4.79 Å². The summed E-state index contributed by atoms with van der Waals surface area (Å²) in [6.45, 7) is 11.8. The lowest BCUT2D eigenvalue weighted by molar-refractivity contribution is -0.140. The van der Waals surface area contributed by atoms with Gasteiger partial charge in [0.25, 0.3) is 0 Å². The second-order valence-electron chi connectivity index (χ2n) is 11.0. The van der Waals surface area contributed by atoms with Crippen LogP contribution in [0.3, 0.4) is 0 Å². The molecule has 1 N–H and O–H groups in total. The monoisotopic (exact) mass is 415 g/mol. The number of rotatable bonds is 11. The van der Waals surface area contributed by atoms with Crippen LogP contribution in [0.5, 0.6) is 0 Å². The Bertz CT molecular complexity index is 631. The van der Waals surface area contributed by atoms with Gasteiger partial charge in [-0.05, 0) is 86.4 Å². The van der Waals surface area contributed by atoms with Gasteiger partial charge < -0.3 is 5.11 Å². The third-order valence-corrected chi connectivity index (χ3v) is 8.59. The average Bonchev–Trinajstić information content (AvgIpc) is 3.02. The zero-order chi connectivity index (χ0) is 22.3. The Morgan fingerprint density at radius 3 is 2.57 bits per heavy atom. The van der Waals surface area contributed by atoms with Crippen LogP contribution in [0.25, 0.3) is 0 Å². The number of hydrogen-bond donors (Lipinski definition) is 1. The van der Waals surface area contributed by atoms with E-state index in [4.69, 9.17) is 5.26 Å². The number of allylic oxidation sites excluding steroid dienone is 2. The second-order valence-corrected chi connectivity index (χ2v) is 11.0. The summed E-state index contributed by atoms with van der Waals surface area (Å²) >= 11 is 0. The Balaban J connectivity index is 2.13. The predicted octanol–water partition coefficient (Wildman–Crippen LogP) is 7.62. The van der Waals surface area contributed by atoms with Crippen LogP contribution < -0.4 is 0 Å². The van der Waals surface area contributed by atoms with Gasteiger partial charge in [0, 0.05) is 12.8 Å². The van der Waals surface area contributed by atoms with Crippen molar-refractivity contribution < 1.29 is 9.90 Å². The molecule has 2 saturated carbocycles. The largest absolute Gasteiger partial charge is 0.481 e. The molecule has 3 nitrogen and oxygen atoms in total.